The first kappa shape index (κ1) is 25.8. The maximum atomic E-state index is 13.1. The van der Waals surface area contributed by atoms with Crippen molar-refractivity contribution < 1.29 is 32.2 Å². The van der Waals surface area contributed by atoms with E-state index in [9.17, 15) is 22.8 Å². The molecule has 0 radical (unpaired) electrons. The van der Waals surface area contributed by atoms with Crippen LogP contribution in [-0.2, 0) is 27.1 Å². The molecular formula is C26H21ClF3NO4. The van der Waals surface area contributed by atoms with Gasteiger partial charge in [-0.3, -0.25) is 4.79 Å². The Morgan fingerprint density at radius 2 is 1.66 bits per heavy atom. The number of nitrogens with one attached hydrogen (secondary N) is 1. The van der Waals surface area contributed by atoms with Crippen LogP contribution in [0.1, 0.15) is 23.6 Å². The molecule has 1 atom stereocenters. The largest absolute Gasteiger partial charge is 0.489 e. The van der Waals surface area contributed by atoms with E-state index >= 15 is 0 Å². The molecule has 0 aliphatic carbocycles. The maximum absolute atomic E-state index is 13.1. The summed E-state index contributed by atoms with van der Waals surface area (Å²) in [5.41, 5.74) is 0.229. The van der Waals surface area contributed by atoms with Crippen molar-refractivity contribution in [3.63, 3.8) is 0 Å². The van der Waals surface area contributed by atoms with Gasteiger partial charge >= 0.3 is 12.1 Å². The highest BCUT2D eigenvalue weighted by atomic mass is 35.5. The van der Waals surface area contributed by atoms with E-state index < -0.39 is 35.4 Å². The quantitative estimate of drug-likeness (QED) is 0.281. The third-order valence-corrected chi connectivity index (χ3v) is 5.02. The van der Waals surface area contributed by atoms with Crippen molar-refractivity contribution in [3.8, 4) is 5.75 Å². The molecule has 0 fully saturated rings. The van der Waals surface area contributed by atoms with Crippen molar-refractivity contribution in [1.29, 1.82) is 0 Å². The van der Waals surface area contributed by atoms with Crippen LogP contribution in [0, 0.1) is 0 Å². The number of ether oxygens (including phenoxy) is 2. The third kappa shape index (κ3) is 7.89. The summed E-state index contributed by atoms with van der Waals surface area (Å²) in [6.45, 7) is 1.64. The van der Waals surface area contributed by atoms with Gasteiger partial charge in [0.2, 0.25) is 0 Å². The second-order valence-electron chi connectivity index (χ2n) is 7.43. The van der Waals surface area contributed by atoms with Crippen molar-refractivity contribution in [2.45, 2.75) is 25.8 Å². The predicted molar refractivity (Wildman–Crippen MR) is 127 cm³/mol. The minimum Gasteiger partial charge on any atom is -0.489 e. The summed E-state index contributed by atoms with van der Waals surface area (Å²) in [6.07, 6.45) is -3.34. The zero-order chi connectivity index (χ0) is 25.4. The lowest BCUT2D eigenvalue weighted by molar-refractivity contribution is -0.148. The zero-order valence-electron chi connectivity index (χ0n) is 18.5. The number of rotatable bonds is 8. The van der Waals surface area contributed by atoms with E-state index in [1.807, 2.05) is 12.1 Å². The van der Waals surface area contributed by atoms with Crippen LogP contribution in [0.2, 0.25) is 5.02 Å². The van der Waals surface area contributed by atoms with Gasteiger partial charge in [-0.15, -0.1) is 0 Å². The first-order valence-electron chi connectivity index (χ1n) is 10.4. The fraction of sp³-hybridized carbons (Fsp3) is 0.154. The molecule has 0 aliphatic rings. The second kappa shape index (κ2) is 11.6. The number of anilines is 1. The van der Waals surface area contributed by atoms with E-state index in [0.29, 0.717) is 22.9 Å². The van der Waals surface area contributed by atoms with Crippen LogP contribution in [0.3, 0.4) is 0 Å². The molecule has 1 N–H and O–H groups in total. The molecule has 0 saturated heterocycles. The first-order chi connectivity index (χ1) is 16.6. The van der Waals surface area contributed by atoms with Crippen LogP contribution in [0.4, 0.5) is 18.9 Å². The molecule has 0 heterocycles. The molecule has 0 bridgehead atoms. The van der Waals surface area contributed by atoms with Gasteiger partial charge in [0.05, 0.1) is 11.3 Å². The Balaban J connectivity index is 1.50. The van der Waals surface area contributed by atoms with E-state index in [1.165, 1.54) is 25.1 Å². The monoisotopic (exact) mass is 503 g/mol. The Hall–Kier alpha value is -3.78. The molecule has 9 heteroatoms. The molecule has 1 unspecified atom stereocenters. The van der Waals surface area contributed by atoms with Gasteiger partial charge in [0.25, 0.3) is 5.91 Å². The van der Waals surface area contributed by atoms with Gasteiger partial charge in [0.15, 0.2) is 6.10 Å². The molecule has 5 nitrogen and oxygen atoms in total. The molecule has 1 amide bonds. The summed E-state index contributed by atoms with van der Waals surface area (Å²) in [4.78, 5) is 24.3. The number of alkyl halides is 3. The Morgan fingerprint density at radius 1 is 1.00 bits per heavy atom. The Labute approximate surface area is 205 Å². The Bertz CT molecular complexity index is 1190. The molecule has 182 valence electrons. The van der Waals surface area contributed by atoms with Crippen LogP contribution < -0.4 is 10.1 Å². The van der Waals surface area contributed by atoms with Gasteiger partial charge in [0.1, 0.15) is 12.4 Å². The van der Waals surface area contributed by atoms with Crippen molar-refractivity contribution >= 4 is 35.2 Å². The van der Waals surface area contributed by atoms with Gasteiger partial charge in [-0.1, -0.05) is 48.0 Å². The molecule has 0 saturated carbocycles. The average molecular weight is 504 g/mol. The number of halogens is 4. The summed E-state index contributed by atoms with van der Waals surface area (Å²) in [5.74, 6) is -1.07. The highest BCUT2D eigenvalue weighted by molar-refractivity contribution is 6.30. The number of carbonyl (C=O) groups excluding carboxylic acids is 2. The zero-order valence-corrected chi connectivity index (χ0v) is 19.3. The number of para-hydroxylation sites is 1. The van der Waals surface area contributed by atoms with Crippen LogP contribution >= 0.6 is 11.6 Å². The topological polar surface area (TPSA) is 64.6 Å². The number of benzene rings is 3. The second-order valence-corrected chi connectivity index (χ2v) is 7.87. The lowest BCUT2D eigenvalue weighted by Gasteiger charge is -2.16. The fourth-order valence-electron chi connectivity index (χ4n) is 2.93. The maximum Gasteiger partial charge on any atom is 0.418 e. The molecule has 3 aromatic carbocycles. The van der Waals surface area contributed by atoms with E-state index in [1.54, 1.807) is 36.4 Å². The Morgan fingerprint density at radius 3 is 2.31 bits per heavy atom. The highest BCUT2D eigenvalue weighted by Crippen LogP contribution is 2.34. The number of hydrogen-bond acceptors (Lipinski definition) is 4. The summed E-state index contributed by atoms with van der Waals surface area (Å²) < 4.78 is 49.9. The predicted octanol–water partition coefficient (Wildman–Crippen LogP) is 6.52. The van der Waals surface area contributed by atoms with Gasteiger partial charge in [-0.25, -0.2) is 4.79 Å². The molecular weight excluding hydrogens is 483 g/mol. The van der Waals surface area contributed by atoms with Gasteiger partial charge in [-0.05, 0) is 60.5 Å². The van der Waals surface area contributed by atoms with Crippen molar-refractivity contribution in [2.24, 2.45) is 0 Å². The molecule has 0 aromatic heterocycles. The summed E-state index contributed by atoms with van der Waals surface area (Å²) in [5, 5.41) is 2.79. The summed E-state index contributed by atoms with van der Waals surface area (Å²) in [7, 11) is 0. The third-order valence-electron chi connectivity index (χ3n) is 4.76. The standard InChI is InChI=1S/C26H21ClF3NO4/c1-17(25(33)31-23-5-3-2-4-22(23)26(28,29)30)35-24(32)15-10-18-8-13-21(14-9-18)34-16-19-6-11-20(27)12-7-19/h2-15,17H,16H2,1H3,(H,31,33)/b15-10+. The fourth-order valence-corrected chi connectivity index (χ4v) is 3.05. The van der Waals surface area contributed by atoms with Crippen molar-refractivity contribution in [1.82, 2.24) is 0 Å². The molecule has 3 aromatic rings. The van der Waals surface area contributed by atoms with E-state index in [4.69, 9.17) is 21.1 Å². The number of carbonyl (C=O) groups is 2. The molecule has 0 spiro atoms. The normalized spacial score (nSPS) is 12.3. The lowest BCUT2D eigenvalue weighted by atomic mass is 10.1. The number of esters is 1. The van der Waals surface area contributed by atoms with Crippen LogP contribution in [0.25, 0.3) is 6.08 Å². The lowest BCUT2D eigenvalue weighted by Crippen LogP contribution is -2.30. The number of amides is 1. The van der Waals surface area contributed by atoms with E-state index in [2.05, 4.69) is 5.32 Å². The minimum atomic E-state index is -4.64. The van der Waals surface area contributed by atoms with Crippen molar-refractivity contribution in [2.75, 3.05) is 5.32 Å². The van der Waals surface area contributed by atoms with Gasteiger partial charge in [-0.2, -0.15) is 13.2 Å². The van der Waals surface area contributed by atoms with Crippen LogP contribution in [0.15, 0.2) is 78.9 Å². The summed E-state index contributed by atoms with van der Waals surface area (Å²) in [6, 6.07) is 18.7. The Kier molecular flexibility index (Phi) is 8.54. The van der Waals surface area contributed by atoms with E-state index in [-0.39, 0.29) is 0 Å². The molecule has 0 aliphatic heterocycles. The van der Waals surface area contributed by atoms with Gasteiger partial charge < -0.3 is 14.8 Å². The van der Waals surface area contributed by atoms with Crippen LogP contribution in [-0.4, -0.2) is 18.0 Å². The van der Waals surface area contributed by atoms with Crippen LogP contribution in [0.5, 0.6) is 5.75 Å². The molecule has 35 heavy (non-hydrogen) atoms. The minimum absolute atomic E-state index is 0.367. The highest BCUT2D eigenvalue weighted by Gasteiger charge is 2.34. The average Bonchev–Trinajstić information content (AvgIpc) is 2.82. The molecule has 3 rings (SSSR count). The van der Waals surface area contributed by atoms with Gasteiger partial charge in [0, 0.05) is 11.1 Å². The first-order valence-corrected chi connectivity index (χ1v) is 10.8. The smallest absolute Gasteiger partial charge is 0.418 e. The van der Waals surface area contributed by atoms with Crippen molar-refractivity contribution in [3.05, 3.63) is 101 Å². The number of hydrogen-bond donors (Lipinski definition) is 1. The SMILES string of the molecule is CC(OC(=O)/C=C/c1ccc(OCc2ccc(Cl)cc2)cc1)C(=O)Nc1ccccc1C(F)(F)F. The van der Waals surface area contributed by atoms with E-state index in [0.717, 1.165) is 23.8 Å². The summed E-state index contributed by atoms with van der Waals surface area (Å²) >= 11 is 5.86.